The average molecular weight is 321 g/mol. The summed E-state index contributed by atoms with van der Waals surface area (Å²) in [7, 11) is 1.69. The van der Waals surface area contributed by atoms with E-state index < -0.39 is 0 Å². The maximum Gasteiger partial charge on any atom is 0.233 e. The van der Waals surface area contributed by atoms with E-state index in [4.69, 9.17) is 4.52 Å². The molecular weight excluding hydrogens is 298 g/mol. The van der Waals surface area contributed by atoms with Crippen LogP contribution in [0.25, 0.3) is 11.1 Å². The maximum absolute atomic E-state index is 10.6. The zero-order valence-electron chi connectivity index (χ0n) is 14.0. The highest BCUT2D eigenvalue weighted by Gasteiger charge is 2.20. The van der Waals surface area contributed by atoms with Gasteiger partial charge in [0.1, 0.15) is 11.5 Å². The number of aromatic nitrogens is 1. The molecule has 23 heavy (non-hydrogen) atoms. The number of amides is 1. The van der Waals surface area contributed by atoms with E-state index in [-0.39, 0.29) is 18.7 Å². The predicted octanol–water partition coefficient (Wildman–Crippen LogP) is 3.08. The average Bonchev–Trinajstić information content (AvgIpc) is 2.90. The van der Waals surface area contributed by atoms with Crippen molar-refractivity contribution < 1.29 is 19.6 Å². The summed E-state index contributed by atoms with van der Waals surface area (Å²) >= 11 is 0. The number of phenolic OH excluding ortho intramolecular Hbond substituents is 1. The van der Waals surface area contributed by atoms with Crippen molar-refractivity contribution in [3.8, 4) is 16.9 Å². The molecule has 7 heteroatoms. The lowest BCUT2D eigenvalue weighted by Crippen LogP contribution is -2.17. The summed E-state index contributed by atoms with van der Waals surface area (Å²) < 4.78 is 5.11. The molecule has 0 radical (unpaired) electrons. The standard InChI is InChI=1S/C14H17N3O4.C2H6/c1-8-13(9(2)21-16-8)10-4-5-12(15-3)11(14(10)19)6-17(20)7-18;1-2/h4-5,7,15,19-20H,6H2,1-3H3;1-2H3. The van der Waals surface area contributed by atoms with Crippen LogP contribution in [0.5, 0.6) is 5.75 Å². The number of phenols is 1. The van der Waals surface area contributed by atoms with Crippen LogP contribution in [0.3, 0.4) is 0 Å². The molecule has 2 aromatic rings. The van der Waals surface area contributed by atoms with Gasteiger partial charge in [0, 0.05) is 23.9 Å². The third-order valence-electron chi connectivity index (χ3n) is 3.30. The SMILES string of the molecule is CC.CNc1ccc(-c2c(C)noc2C)c(O)c1CN(O)C=O. The molecule has 0 spiro atoms. The number of nitrogens with zero attached hydrogens (tertiary/aromatic N) is 2. The van der Waals surface area contributed by atoms with Crippen molar-refractivity contribution in [1.82, 2.24) is 10.2 Å². The summed E-state index contributed by atoms with van der Waals surface area (Å²) in [6, 6.07) is 3.49. The van der Waals surface area contributed by atoms with Gasteiger partial charge in [0.05, 0.1) is 17.8 Å². The van der Waals surface area contributed by atoms with Crippen LogP contribution < -0.4 is 5.32 Å². The molecule has 1 amide bonds. The summed E-state index contributed by atoms with van der Waals surface area (Å²) in [5, 5.41) is 27.1. The lowest BCUT2D eigenvalue weighted by Gasteiger charge is -2.17. The molecule has 1 aromatic heterocycles. The Kier molecular flexibility index (Phi) is 6.59. The minimum atomic E-state index is -0.136. The van der Waals surface area contributed by atoms with Gasteiger partial charge in [0.25, 0.3) is 0 Å². The minimum Gasteiger partial charge on any atom is -0.507 e. The van der Waals surface area contributed by atoms with E-state index >= 15 is 0 Å². The van der Waals surface area contributed by atoms with Crippen molar-refractivity contribution >= 4 is 12.1 Å². The number of aromatic hydroxyl groups is 1. The Morgan fingerprint density at radius 3 is 2.48 bits per heavy atom. The van der Waals surface area contributed by atoms with E-state index in [1.54, 1.807) is 33.0 Å². The number of anilines is 1. The van der Waals surface area contributed by atoms with E-state index in [9.17, 15) is 15.1 Å². The van der Waals surface area contributed by atoms with Gasteiger partial charge in [0.2, 0.25) is 6.41 Å². The van der Waals surface area contributed by atoms with Crippen LogP contribution in [0.15, 0.2) is 16.7 Å². The molecule has 0 aliphatic carbocycles. The molecule has 0 aliphatic heterocycles. The van der Waals surface area contributed by atoms with Crippen molar-refractivity contribution in [3.05, 3.63) is 29.2 Å². The molecule has 0 aliphatic rings. The number of hydrogen-bond donors (Lipinski definition) is 3. The fourth-order valence-electron chi connectivity index (χ4n) is 2.30. The van der Waals surface area contributed by atoms with Gasteiger partial charge < -0.3 is 14.9 Å². The molecule has 1 aromatic carbocycles. The fourth-order valence-corrected chi connectivity index (χ4v) is 2.30. The van der Waals surface area contributed by atoms with Crippen LogP contribution in [0.2, 0.25) is 0 Å². The van der Waals surface area contributed by atoms with Gasteiger partial charge in [-0.2, -0.15) is 0 Å². The van der Waals surface area contributed by atoms with Crippen molar-refractivity contribution in [1.29, 1.82) is 0 Å². The van der Waals surface area contributed by atoms with Gasteiger partial charge in [0.15, 0.2) is 0 Å². The topological polar surface area (TPSA) is 98.8 Å². The summed E-state index contributed by atoms with van der Waals surface area (Å²) in [6.07, 6.45) is 0.279. The Balaban J connectivity index is 0.00000127. The first-order valence-electron chi connectivity index (χ1n) is 7.36. The van der Waals surface area contributed by atoms with Crippen molar-refractivity contribution in [2.45, 2.75) is 34.2 Å². The van der Waals surface area contributed by atoms with Gasteiger partial charge in [-0.3, -0.25) is 10.0 Å². The normalized spacial score (nSPS) is 9.83. The highest BCUT2D eigenvalue weighted by atomic mass is 16.5. The molecule has 126 valence electrons. The van der Waals surface area contributed by atoms with Crippen molar-refractivity contribution in [3.63, 3.8) is 0 Å². The fraction of sp³-hybridized carbons (Fsp3) is 0.375. The third-order valence-corrected chi connectivity index (χ3v) is 3.30. The highest BCUT2D eigenvalue weighted by molar-refractivity contribution is 5.78. The lowest BCUT2D eigenvalue weighted by atomic mass is 9.98. The molecule has 7 nitrogen and oxygen atoms in total. The zero-order valence-corrected chi connectivity index (χ0v) is 14.0. The third kappa shape index (κ3) is 3.81. The highest BCUT2D eigenvalue weighted by Crippen LogP contribution is 2.39. The number of rotatable bonds is 5. The Morgan fingerprint density at radius 2 is 2.00 bits per heavy atom. The van der Waals surface area contributed by atoms with Crippen LogP contribution >= 0.6 is 0 Å². The Labute approximate surface area is 135 Å². The van der Waals surface area contributed by atoms with Crippen molar-refractivity contribution in [2.75, 3.05) is 12.4 Å². The molecule has 0 saturated heterocycles. The Morgan fingerprint density at radius 1 is 1.35 bits per heavy atom. The number of benzene rings is 1. The van der Waals surface area contributed by atoms with Crippen LogP contribution in [-0.4, -0.2) is 34.0 Å². The molecule has 2 rings (SSSR count). The van der Waals surface area contributed by atoms with E-state index in [0.29, 0.717) is 38.9 Å². The summed E-state index contributed by atoms with van der Waals surface area (Å²) in [4.78, 5) is 10.6. The van der Waals surface area contributed by atoms with Gasteiger partial charge in [-0.15, -0.1) is 0 Å². The predicted molar refractivity (Wildman–Crippen MR) is 87.4 cm³/mol. The van der Waals surface area contributed by atoms with E-state index in [1.807, 2.05) is 13.8 Å². The summed E-state index contributed by atoms with van der Waals surface area (Å²) in [5.41, 5.74) is 2.92. The molecule has 0 saturated carbocycles. The largest absolute Gasteiger partial charge is 0.507 e. The van der Waals surface area contributed by atoms with Crippen molar-refractivity contribution in [2.24, 2.45) is 0 Å². The van der Waals surface area contributed by atoms with E-state index in [0.717, 1.165) is 0 Å². The maximum atomic E-state index is 10.6. The molecule has 3 N–H and O–H groups in total. The second-order valence-corrected chi connectivity index (χ2v) is 4.64. The number of hydrogen-bond acceptors (Lipinski definition) is 6. The first kappa shape index (κ1) is 18.5. The second kappa shape index (κ2) is 8.19. The molecule has 0 bridgehead atoms. The second-order valence-electron chi connectivity index (χ2n) is 4.64. The van der Waals surface area contributed by atoms with Gasteiger partial charge in [-0.05, 0) is 26.0 Å². The first-order chi connectivity index (χ1) is 11.0. The Bertz CT molecular complexity index is 648. The van der Waals surface area contributed by atoms with Gasteiger partial charge >= 0.3 is 0 Å². The number of hydroxylamine groups is 2. The van der Waals surface area contributed by atoms with E-state index in [1.165, 1.54) is 0 Å². The van der Waals surface area contributed by atoms with E-state index in [2.05, 4.69) is 10.5 Å². The number of carbonyl (C=O) groups is 1. The molecule has 0 fully saturated rings. The smallest absolute Gasteiger partial charge is 0.233 e. The van der Waals surface area contributed by atoms with Crippen LogP contribution in [0.1, 0.15) is 30.9 Å². The van der Waals surface area contributed by atoms with Crippen LogP contribution in [0, 0.1) is 13.8 Å². The van der Waals surface area contributed by atoms with Crippen LogP contribution in [0.4, 0.5) is 5.69 Å². The molecule has 0 unspecified atom stereocenters. The lowest BCUT2D eigenvalue weighted by molar-refractivity contribution is -0.152. The Hall–Kier alpha value is -2.54. The van der Waals surface area contributed by atoms with Gasteiger partial charge in [-0.1, -0.05) is 19.0 Å². The van der Waals surface area contributed by atoms with Gasteiger partial charge in [-0.25, -0.2) is 5.06 Å². The minimum absolute atomic E-state index is 0.0304. The number of aryl methyl sites for hydroxylation is 2. The monoisotopic (exact) mass is 321 g/mol. The molecule has 1 heterocycles. The van der Waals surface area contributed by atoms with Crippen LogP contribution in [-0.2, 0) is 11.3 Å². The number of carbonyl (C=O) groups excluding carboxylic acids is 1. The molecule has 0 atom stereocenters. The zero-order chi connectivity index (χ0) is 17.6. The number of nitrogens with one attached hydrogen (secondary N) is 1. The summed E-state index contributed by atoms with van der Waals surface area (Å²) in [6.45, 7) is 7.40. The molecular formula is C16H23N3O4. The quantitative estimate of drug-likeness (QED) is 0.445. The summed E-state index contributed by atoms with van der Waals surface area (Å²) in [5.74, 6) is 0.555. The first-order valence-corrected chi connectivity index (χ1v) is 7.36.